The van der Waals surface area contributed by atoms with Gasteiger partial charge in [0.1, 0.15) is 0 Å². The molecule has 0 bridgehead atoms. The maximum atomic E-state index is 2.43. The Morgan fingerprint density at radius 1 is 1.40 bits per heavy atom. The van der Waals surface area contributed by atoms with Crippen molar-refractivity contribution in [2.24, 2.45) is 5.92 Å². The number of rotatable bonds is 3. The van der Waals surface area contributed by atoms with Crippen molar-refractivity contribution in [3.05, 3.63) is 0 Å². The van der Waals surface area contributed by atoms with Gasteiger partial charge in [0.25, 0.3) is 0 Å². The van der Waals surface area contributed by atoms with Gasteiger partial charge in [0, 0.05) is 0 Å². The predicted octanol–water partition coefficient (Wildman–Crippen LogP) is 2.93. The van der Waals surface area contributed by atoms with Gasteiger partial charge in [-0.05, 0) is 0 Å². The summed E-state index contributed by atoms with van der Waals surface area (Å²) >= 11 is 2.43. The van der Waals surface area contributed by atoms with Gasteiger partial charge in [0.05, 0.1) is 0 Å². The molecule has 54 valence electrons. The van der Waals surface area contributed by atoms with E-state index in [9.17, 15) is 0 Å². The van der Waals surface area contributed by atoms with Crippen LogP contribution < -0.4 is 0 Å². The van der Waals surface area contributed by atoms with Gasteiger partial charge in [-0.25, -0.2) is 0 Å². The zero-order chi connectivity index (χ0) is 7.40. The van der Waals surface area contributed by atoms with Crippen molar-refractivity contribution in [1.29, 1.82) is 0 Å². The molecule has 1 aliphatic carbocycles. The van der Waals surface area contributed by atoms with Crippen molar-refractivity contribution in [2.45, 2.75) is 50.0 Å². The first-order chi connectivity index (χ1) is 4.84. The molecule has 1 fully saturated rings. The van der Waals surface area contributed by atoms with E-state index < -0.39 is 0 Å². The summed E-state index contributed by atoms with van der Waals surface area (Å²) in [7, 11) is 0. The fraction of sp³-hybridized carbons (Fsp3) is 1.00. The fourth-order valence-corrected chi connectivity index (χ4v) is 2.22. The first kappa shape index (κ1) is 8.69. The summed E-state index contributed by atoms with van der Waals surface area (Å²) in [5, 5.41) is 0. The second-order valence-corrected chi connectivity index (χ2v) is 3.81. The Labute approximate surface area is 74.0 Å². The van der Waals surface area contributed by atoms with Crippen LogP contribution in [-0.4, -0.2) is 17.7 Å². The third-order valence-electron chi connectivity index (χ3n) is 2.95. The van der Waals surface area contributed by atoms with Gasteiger partial charge in [0.2, 0.25) is 0 Å². The molecule has 0 heterocycles. The average molecular weight is 132 g/mol. The summed E-state index contributed by atoms with van der Waals surface area (Å²) in [6, 6.07) is 0. The molecule has 0 aromatic carbocycles. The molecular weight excluding hydrogens is 115 g/mol. The molecule has 1 heteroatoms. The van der Waals surface area contributed by atoms with Crippen molar-refractivity contribution >= 4 is 17.7 Å². The van der Waals surface area contributed by atoms with Crippen LogP contribution in [0.25, 0.3) is 0 Å². The Hall–Kier alpha value is 0.597. The Kier molecular flexibility index (Phi) is 3.89. The van der Waals surface area contributed by atoms with Crippen molar-refractivity contribution in [3.8, 4) is 0 Å². The van der Waals surface area contributed by atoms with Gasteiger partial charge in [-0.3, -0.25) is 0 Å². The van der Waals surface area contributed by atoms with Crippen LogP contribution in [-0.2, 0) is 0 Å². The molecule has 0 aliphatic heterocycles. The molecule has 1 atom stereocenters. The standard InChI is InChI=1S/C9H17.Li/c1-2-3-6-9-7-4-5-8-9;/h6,9H,2-5,7-8H2,1H3;. The summed E-state index contributed by atoms with van der Waals surface area (Å²) in [5.74, 6) is 1.08. The van der Waals surface area contributed by atoms with Crippen LogP contribution in [0.1, 0.15) is 45.4 Å². The van der Waals surface area contributed by atoms with Crippen molar-refractivity contribution in [2.75, 3.05) is 0 Å². The molecule has 0 aromatic heterocycles. The zero-order valence-corrected chi connectivity index (χ0v) is 7.40. The van der Waals surface area contributed by atoms with Gasteiger partial charge in [-0.2, -0.15) is 0 Å². The number of hydrogen-bond donors (Lipinski definition) is 0. The first-order valence-electron chi connectivity index (χ1n) is 4.84. The number of hydrogen-bond acceptors (Lipinski definition) is 0. The molecule has 1 aliphatic rings. The van der Waals surface area contributed by atoms with Crippen LogP contribution in [0.4, 0.5) is 0 Å². The first-order valence-corrected chi connectivity index (χ1v) is 4.84. The van der Waals surface area contributed by atoms with Gasteiger partial charge in [-0.15, -0.1) is 0 Å². The average Bonchev–Trinajstić information content (AvgIpc) is 2.38. The van der Waals surface area contributed by atoms with Crippen LogP contribution in [0.15, 0.2) is 0 Å². The summed E-state index contributed by atoms with van der Waals surface area (Å²) in [5.41, 5.74) is 0. The molecule has 0 nitrogen and oxygen atoms in total. The zero-order valence-electron chi connectivity index (χ0n) is 7.40. The Balaban J connectivity index is 2.18. The molecule has 0 amide bonds. The summed E-state index contributed by atoms with van der Waals surface area (Å²) in [4.78, 5) is 0. The summed E-state index contributed by atoms with van der Waals surface area (Å²) in [6.07, 6.45) is 8.85. The van der Waals surface area contributed by atoms with Crippen molar-refractivity contribution < 1.29 is 0 Å². The van der Waals surface area contributed by atoms with Crippen LogP contribution in [0.3, 0.4) is 0 Å². The van der Waals surface area contributed by atoms with Gasteiger partial charge < -0.3 is 0 Å². The molecule has 10 heavy (non-hydrogen) atoms. The SMILES string of the molecule is [Li][CH](CCC)C1CCCC1. The molecule has 0 aromatic rings. The molecule has 1 unspecified atom stereocenters. The molecule has 0 saturated heterocycles. The van der Waals surface area contributed by atoms with E-state index in [0.29, 0.717) is 0 Å². The second kappa shape index (κ2) is 4.47. The van der Waals surface area contributed by atoms with Crippen LogP contribution in [0.2, 0.25) is 4.59 Å². The topological polar surface area (TPSA) is 0 Å². The quantitative estimate of drug-likeness (QED) is 0.518. The summed E-state index contributed by atoms with van der Waals surface area (Å²) < 4.78 is 1.01. The van der Waals surface area contributed by atoms with Gasteiger partial charge in [0.15, 0.2) is 0 Å². The van der Waals surface area contributed by atoms with E-state index in [0.717, 1.165) is 10.5 Å². The molecule has 1 rings (SSSR count). The van der Waals surface area contributed by atoms with Crippen LogP contribution in [0.5, 0.6) is 0 Å². The van der Waals surface area contributed by atoms with Crippen LogP contribution >= 0.6 is 0 Å². The predicted molar refractivity (Wildman–Crippen MR) is 46.4 cm³/mol. The van der Waals surface area contributed by atoms with Crippen molar-refractivity contribution in [1.82, 2.24) is 0 Å². The fourth-order valence-electron chi connectivity index (χ4n) is 2.22. The van der Waals surface area contributed by atoms with Gasteiger partial charge >= 0.3 is 73.7 Å². The third kappa shape index (κ3) is 2.33. The Bertz CT molecular complexity index is 84.7. The van der Waals surface area contributed by atoms with Gasteiger partial charge in [-0.1, -0.05) is 0 Å². The van der Waals surface area contributed by atoms with E-state index >= 15 is 0 Å². The van der Waals surface area contributed by atoms with Crippen LogP contribution in [0, 0.1) is 5.92 Å². The second-order valence-electron chi connectivity index (χ2n) is 3.81. The minimum absolute atomic E-state index is 1.01. The maximum absolute atomic E-state index is 2.43. The monoisotopic (exact) mass is 132 g/mol. The molecular formula is C9H17Li. The minimum atomic E-state index is 1.01. The Morgan fingerprint density at radius 2 is 2.00 bits per heavy atom. The van der Waals surface area contributed by atoms with E-state index in [1.807, 2.05) is 0 Å². The Morgan fingerprint density at radius 3 is 2.50 bits per heavy atom. The molecule has 0 N–H and O–H groups in total. The van der Waals surface area contributed by atoms with E-state index in [1.54, 1.807) is 0 Å². The third-order valence-corrected chi connectivity index (χ3v) is 2.95. The molecule has 1 saturated carbocycles. The molecule has 0 spiro atoms. The normalized spacial score (nSPS) is 23.5. The van der Waals surface area contributed by atoms with Crippen molar-refractivity contribution in [3.63, 3.8) is 0 Å². The van der Waals surface area contributed by atoms with E-state index in [-0.39, 0.29) is 0 Å². The summed E-state index contributed by atoms with van der Waals surface area (Å²) in [6.45, 7) is 2.30. The molecule has 0 radical (unpaired) electrons. The van der Waals surface area contributed by atoms with E-state index in [1.165, 1.54) is 38.5 Å². The van der Waals surface area contributed by atoms with E-state index in [2.05, 4.69) is 24.6 Å². The van der Waals surface area contributed by atoms with E-state index in [4.69, 9.17) is 0 Å².